The number of likely N-dealkylation sites (tertiary alicyclic amines) is 1. The largest absolute Gasteiger partial charge is 0.469 e. The number of benzene rings is 1. The highest BCUT2D eigenvalue weighted by molar-refractivity contribution is 5.78. The van der Waals surface area contributed by atoms with E-state index in [0.717, 1.165) is 18.4 Å². The molecular formula is C22H28N2O4. The number of carbonyl (C=O) groups excluding carboxylic acids is 2. The van der Waals surface area contributed by atoms with Crippen molar-refractivity contribution in [2.75, 3.05) is 20.2 Å². The van der Waals surface area contributed by atoms with Crippen LogP contribution < -0.4 is 0 Å². The van der Waals surface area contributed by atoms with Gasteiger partial charge in [-0.25, -0.2) is 4.98 Å². The van der Waals surface area contributed by atoms with Gasteiger partial charge < -0.3 is 14.1 Å². The summed E-state index contributed by atoms with van der Waals surface area (Å²) in [5, 5.41) is 0. The molecule has 150 valence electrons. The quantitative estimate of drug-likeness (QED) is 0.708. The van der Waals surface area contributed by atoms with E-state index in [-0.39, 0.29) is 17.8 Å². The maximum absolute atomic E-state index is 12.5. The van der Waals surface area contributed by atoms with E-state index in [1.165, 1.54) is 12.7 Å². The van der Waals surface area contributed by atoms with Crippen LogP contribution in [0.3, 0.4) is 0 Å². The van der Waals surface area contributed by atoms with Crippen LogP contribution in [-0.4, -0.2) is 42.0 Å². The monoisotopic (exact) mass is 384 g/mol. The Morgan fingerprint density at radius 3 is 2.71 bits per heavy atom. The van der Waals surface area contributed by atoms with Crippen LogP contribution in [0.15, 0.2) is 34.9 Å². The second-order valence-electron chi connectivity index (χ2n) is 7.60. The Bertz CT molecular complexity index is 810. The summed E-state index contributed by atoms with van der Waals surface area (Å²) in [6.45, 7) is 5.44. The van der Waals surface area contributed by atoms with E-state index in [9.17, 15) is 9.59 Å². The van der Waals surface area contributed by atoms with E-state index < -0.39 is 0 Å². The number of hydrogen-bond acceptors (Lipinski definition) is 5. The number of hydrogen-bond donors (Lipinski definition) is 0. The molecule has 1 saturated heterocycles. The first kappa shape index (κ1) is 20.1. The van der Waals surface area contributed by atoms with Gasteiger partial charge in [0, 0.05) is 31.5 Å². The highest BCUT2D eigenvalue weighted by Crippen LogP contribution is 2.24. The van der Waals surface area contributed by atoms with Gasteiger partial charge in [-0.2, -0.15) is 0 Å². The zero-order valence-corrected chi connectivity index (χ0v) is 16.8. The standard InChI is InChI=1S/C22H28N2O4/c1-15(2)16-6-8-17(9-7-16)19-13-23-20(28-19)10-11-21(25)24-12-4-5-18(14-24)22(26)27-3/h6-9,13,15,18H,4-5,10-12,14H2,1-3H3. The van der Waals surface area contributed by atoms with Crippen molar-refractivity contribution in [2.24, 2.45) is 5.92 Å². The van der Waals surface area contributed by atoms with Gasteiger partial charge in [-0.05, 0) is 24.3 Å². The van der Waals surface area contributed by atoms with Gasteiger partial charge in [-0.3, -0.25) is 9.59 Å². The zero-order chi connectivity index (χ0) is 20.1. The molecule has 0 radical (unpaired) electrons. The molecule has 1 amide bonds. The Hall–Kier alpha value is -2.63. The molecule has 6 heteroatoms. The highest BCUT2D eigenvalue weighted by Gasteiger charge is 2.28. The van der Waals surface area contributed by atoms with Gasteiger partial charge in [0.05, 0.1) is 19.2 Å². The molecule has 1 unspecified atom stereocenters. The minimum Gasteiger partial charge on any atom is -0.469 e. The van der Waals surface area contributed by atoms with Crippen LogP contribution in [0.25, 0.3) is 11.3 Å². The first-order chi connectivity index (χ1) is 13.5. The van der Waals surface area contributed by atoms with Crippen molar-refractivity contribution in [3.63, 3.8) is 0 Å². The molecular weight excluding hydrogens is 356 g/mol. The first-order valence-electron chi connectivity index (χ1n) is 9.88. The van der Waals surface area contributed by atoms with Crippen molar-refractivity contribution >= 4 is 11.9 Å². The van der Waals surface area contributed by atoms with Gasteiger partial charge in [0.2, 0.25) is 5.91 Å². The molecule has 2 heterocycles. The Morgan fingerprint density at radius 1 is 1.29 bits per heavy atom. The fourth-order valence-electron chi connectivity index (χ4n) is 3.53. The molecule has 0 spiro atoms. The molecule has 0 aliphatic carbocycles. The SMILES string of the molecule is COC(=O)C1CCCN(C(=O)CCc2ncc(-c3ccc(C(C)C)cc3)o2)C1. The van der Waals surface area contributed by atoms with Gasteiger partial charge in [-0.15, -0.1) is 0 Å². The summed E-state index contributed by atoms with van der Waals surface area (Å²) in [7, 11) is 1.39. The number of nitrogens with zero attached hydrogens (tertiary/aromatic N) is 2. The average Bonchev–Trinajstić information content (AvgIpc) is 3.20. The van der Waals surface area contributed by atoms with Gasteiger partial charge in [0.1, 0.15) is 0 Å². The number of esters is 1. The van der Waals surface area contributed by atoms with Crippen LogP contribution in [0.4, 0.5) is 0 Å². The lowest BCUT2D eigenvalue weighted by Gasteiger charge is -2.31. The van der Waals surface area contributed by atoms with E-state index in [1.807, 2.05) is 12.1 Å². The van der Waals surface area contributed by atoms with E-state index in [4.69, 9.17) is 9.15 Å². The second-order valence-corrected chi connectivity index (χ2v) is 7.60. The molecule has 6 nitrogen and oxygen atoms in total. The maximum Gasteiger partial charge on any atom is 0.310 e. The molecule has 1 aliphatic heterocycles. The third-order valence-corrected chi connectivity index (χ3v) is 5.28. The number of aryl methyl sites for hydroxylation is 1. The molecule has 0 bridgehead atoms. The molecule has 2 aromatic rings. The van der Waals surface area contributed by atoms with Crippen molar-refractivity contribution in [1.82, 2.24) is 9.88 Å². The van der Waals surface area contributed by atoms with Gasteiger partial charge >= 0.3 is 5.97 Å². The molecule has 1 aliphatic rings. The zero-order valence-electron chi connectivity index (χ0n) is 16.8. The summed E-state index contributed by atoms with van der Waals surface area (Å²) in [5.41, 5.74) is 2.26. The van der Waals surface area contributed by atoms with E-state index >= 15 is 0 Å². The van der Waals surface area contributed by atoms with Crippen molar-refractivity contribution in [3.8, 4) is 11.3 Å². The van der Waals surface area contributed by atoms with E-state index in [1.54, 1.807) is 11.1 Å². The second kappa shape index (κ2) is 9.04. The fourth-order valence-corrected chi connectivity index (χ4v) is 3.53. The Labute approximate surface area is 165 Å². The Balaban J connectivity index is 1.55. The number of methoxy groups -OCH3 is 1. The smallest absolute Gasteiger partial charge is 0.310 e. The van der Waals surface area contributed by atoms with Crippen LogP contribution >= 0.6 is 0 Å². The normalized spacial score (nSPS) is 17.0. The van der Waals surface area contributed by atoms with Crippen molar-refractivity contribution in [1.29, 1.82) is 0 Å². The van der Waals surface area contributed by atoms with Crippen LogP contribution in [0.5, 0.6) is 0 Å². The molecule has 28 heavy (non-hydrogen) atoms. The molecule has 1 aromatic heterocycles. The Morgan fingerprint density at radius 2 is 2.04 bits per heavy atom. The van der Waals surface area contributed by atoms with Crippen LogP contribution in [0.2, 0.25) is 0 Å². The summed E-state index contributed by atoms with van der Waals surface area (Å²) in [4.78, 5) is 30.3. The van der Waals surface area contributed by atoms with Gasteiger partial charge in [0.25, 0.3) is 0 Å². The number of ether oxygens (including phenoxy) is 1. The van der Waals surface area contributed by atoms with Crippen LogP contribution in [0, 0.1) is 5.92 Å². The highest BCUT2D eigenvalue weighted by atomic mass is 16.5. The number of amides is 1. The predicted octanol–water partition coefficient (Wildman–Crippen LogP) is 3.81. The lowest BCUT2D eigenvalue weighted by Crippen LogP contribution is -2.42. The molecule has 0 N–H and O–H groups in total. The number of aromatic nitrogens is 1. The fraction of sp³-hybridized carbons (Fsp3) is 0.500. The van der Waals surface area contributed by atoms with Crippen molar-refractivity contribution < 1.29 is 18.7 Å². The molecule has 1 aromatic carbocycles. The summed E-state index contributed by atoms with van der Waals surface area (Å²) in [6.07, 6.45) is 4.07. The number of rotatable bonds is 6. The summed E-state index contributed by atoms with van der Waals surface area (Å²) in [6, 6.07) is 8.26. The van der Waals surface area contributed by atoms with Gasteiger partial charge in [-0.1, -0.05) is 38.1 Å². The topological polar surface area (TPSA) is 72.6 Å². The van der Waals surface area contributed by atoms with Gasteiger partial charge in [0.15, 0.2) is 11.7 Å². The van der Waals surface area contributed by atoms with Crippen molar-refractivity contribution in [3.05, 3.63) is 41.9 Å². The number of carbonyl (C=O) groups is 2. The summed E-state index contributed by atoms with van der Waals surface area (Å²) < 4.78 is 10.6. The minimum absolute atomic E-state index is 0.0228. The summed E-state index contributed by atoms with van der Waals surface area (Å²) in [5.74, 6) is 1.32. The Kier molecular flexibility index (Phi) is 6.49. The van der Waals surface area contributed by atoms with E-state index in [0.29, 0.717) is 43.5 Å². The van der Waals surface area contributed by atoms with E-state index in [2.05, 4.69) is 31.0 Å². The number of oxazole rings is 1. The third kappa shape index (κ3) is 4.80. The van der Waals surface area contributed by atoms with Crippen LogP contribution in [-0.2, 0) is 20.7 Å². The van der Waals surface area contributed by atoms with Crippen LogP contribution in [0.1, 0.15) is 50.5 Å². The molecule has 1 atom stereocenters. The lowest BCUT2D eigenvalue weighted by atomic mass is 9.98. The third-order valence-electron chi connectivity index (χ3n) is 5.28. The predicted molar refractivity (Wildman–Crippen MR) is 106 cm³/mol. The first-order valence-corrected chi connectivity index (χ1v) is 9.88. The minimum atomic E-state index is -0.238. The number of piperidine rings is 1. The molecule has 0 saturated carbocycles. The molecule has 1 fully saturated rings. The van der Waals surface area contributed by atoms with Crippen molar-refractivity contribution in [2.45, 2.75) is 45.4 Å². The lowest BCUT2D eigenvalue weighted by molar-refractivity contribution is -0.149. The molecule has 3 rings (SSSR count). The average molecular weight is 384 g/mol. The summed E-state index contributed by atoms with van der Waals surface area (Å²) >= 11 is 0. The maximum atomic E-state index is 12.5.